The Balaban J connectivity index is 0.00000627. The minimum absolute atomic E-state index is 0.0895. The molecule has 298 valence electrons. The molecule has 0 saturated carbocycles. The number of ether oxygens (including phenoxy) is 4. The molecule has 0 aromatic heterocycles. The van der Waals surface area contributed by atoms with Gasteiger partial charge in [-0.1, -0.05) is 55.8 Å². The molecule has 0 heterocycles. The molecule has 0 aliphatic heterocycles. The van der Waals surface area contributed by atoms with Crippen molar-refractivity contribution in [3.63, 3.8) is 0 Å². The zero-order chi connectivity index (χ0) is 39.4. The summed E-state index contributed by atoms with van der Waals surface area (Å²) in [7, 11) is -5.53. The van der Waals surface area contributed by atoms with E-state index in [-0.39, 0.29) is 25.4 Å². The highest BCUT2D eigenvalue weighted by molar-refractivity contribution is 7.51. The average molecular weight is 779 g/mol. The number of aliphatic hydroxyl groups is 2. The molecule has 0 spiro atoms. The van der Waals surface area contributed by atoms with Crippen molar-refractivity contribution in [2.24, 2.45) is 0 Å². The van der Waals surface area contributed by atoms with Crippen LogP contribution in [0.4, 0.5) is 0 Å². The van der Waals surface area contributed by atoms with Gasteiger partial charge in [0.15, 0.2) is 0 Å². The van der Waals surface area contributed by atoms with Gasteiger partial charge in [0.05, 0.1) is 32.7 Å². The zero-order valence-corrected chi connectivity index (χ0v) is 32.7. The van der Waals surface area contributed by atoms with Crippen molar-refractivity contribution in [3.05, 3.63) is 72.5 Å². The highest BCUT2D eigenvalue weighted by atomic mass is 31.2. The van der Waals surface area contributed by atoms with Gasteiger partial charge < -0.3 is 48.7 Å². The molecule has 2 aromatic rings. The molecule has 0 bridgehead atoms. The van der Waals surface area contributed by atoms with Gasteiger partial charge in [0.25, 0.3) is 0 Å². The maximum atomic E-state index is 12.5. The van der Waals surface area contributed by atoms with Crippen LogP contribution in [0.5, 0.6) is 11.5 Å². The van der Waals surface area contributed by atoms with Gasteiger partial charge in [-0.15, -0.1) is 0 Å². The number of Topliss-reactive ketones (excluding diaryl/α,β-unsaturated/α-hetero) is 1. The fourth-order valence-corrected chi connectivity index (χ4v) is 6.86. The molecule has 2 rings (SSSR count). The number of unbranched alkanes of at least 4 members (excludes halogenated alkanes) is 2. The number of hydrogen-bond donors (Lipinski definition) is 6. The summed E-state index contributed by atoms with van der Waals surface area (Å²) in [5.41, 5.74) is 1.39. The number of nitrogens with zero attached hydrogens (tertiary/aromatic N) is 2. The first kappa shape index (κ1) is 49.5. The van der Waals surface area contributed by atoms with Crippen LogP contribution >= 0.6 is 15.2 Å². The molecule has 52 heavy (non-hydrogen) atoms. The third kappa shape index (κ3) is 23.2. The average Bonchev–Trinajstić information content (AvgIpc) is 3.09. The van der Waals surface area contributed by atoms with E-state index in [1.54, 1.807) is 47.2 Å². The van der Waals surface area contributed by atoms with Crippen LogP contribution in [-0.2, 0) is 36.5 Å². The Hall–Kier alpha value is -2.49. The topological polar surface area (TPSA) is 216 Å². The SMILES string of the molecule is C=COc1ccccc1CN(CP(=O)(O)O)C(CCCCCC(=O)CCOCCOC)CN(Cc1ccccc1OCC)CP(=O)(O)O.CO.CO. The lowest BCUT2D eigenvalue weighted by molar-refractivity contribution is -0.120. The minimum atomic E-state index is -4.58. The summed E-state index contributed by atoms with van der Waals surface area (Å²) in [6, 6.07) is 13.8. The Morgan fingerprint density at radius 3 is 1.98 bits per heavy atom. The Bertz CT molecular complexity index is 1340. The first-order valence-corrected chi connectivity index (χ1v) is 20.5. The van der Waals surface area contributed by atoms with Crippen molar-refractivity contribution in [2.45, 2.75) is 64.6 Å². The van der Waals surface area contributed by atoms with E-state index >= 15 is 0 Å². The fourth-order valence-electron chi connectivity index (χ4n) is 5.32. The predicted octanol–water partition coefficient (Wildman–Crippen LogP) is 4.34. The van der Waals surface area contributed by atoms with Gasteiger partial charge in [-0.2, -0.15) is 0 Å². The molecule has 0 aliphatic carbocycles. The first-order chi connectivity index (χ1) is 24.8. The number of hydrogen-bond acceptors (Lipinski definition) is 11. The highest BCUT2D eigenvalue weighted by Gasteiger charge is 2.30. The molecule has 0 saturated heterocycles. The third-order valence-electron chi connectivity index (χ3n) is 7.41. The smallest absolute Gasteiger partial charge is 0.339 e. The lowest BCUT2D eigenvalue weighted by atomic mass is 10.0. The van der Waals surface area contributed by atoms with Crippen LogP contribution in [0.3, 0.4) is 0 Å². The van der Waals surface area contributed by atoms with Crippen molar-refractivity contribution in [2.75, 3.05) is 66.9 Å². The van der Waals surface area contributed by atoms with Crippen molar-refractivity contribution >= 4 is 21.0 Å². The molecular weight excluding hydrogens is 718 g/mol. The van der Waals surface area contributed by atoms with Gasteiger partial charge in [-0.05, 0) is 31.9 Å². The van der Waals surface area contributed by atoms with Crippen molar-refractivity contribution in [3.8, 4) is 11.5 Å². The van der Waals surface area contributed by atoms with Gasteiger partial charge >= 0.3 is 15.2 Å². The monoisotopic (exact) mass is 778 g/mol. The minimum Gasteiger partial charge on any atom is -0.494 e. The largest absolute Gasteiger partial charge is 0.494 e. The Morgan fingerprint density at radius 2 is 1.40 bits per heavy atom. The molecule has 17 heteroatoms. The lowest BCUT2D eigenvalue weighted by Crippen LogP contribution is -2.44. The van der Waals surface area contributed by atoms with Crippen LogP contribution in [0.1, 0.15) is 56.6 Å². The van der Waals surface area contributed by atoms with E-state index in [9.17, 15) is 33.5 Å². The number of methoxy groups -OCH3 is 1. The number of para-hydroxylation sites is 2. The molecule has 0 aliphatic rings. The molecule has 2 aromatic carbocycles. The van der Waals surface area contributed by atoms with Crippen molar-refractivity contribution < 1.29 is 62.7 Å². The second-order valence-electron chi connectivity index (χ2n) is 11.5. The summed E-state index contributed by atoms with van der Waals surface area (Å²) in [4.78, 5) is 55.9. The summed E-state index contributed by atoms with van der Waals surface area (Å²) in [6.07, 6.45) is 3.20. The van der Waals surface area contributed by atoms with Gasteiger partial charge in [0, 0.05) is 71.0 Å². The Kier molecular flexibility index (Phi) is 27.6. The van der Waals surface area contributed by atoms with Gasteiger partial charge in [-0.3, -0.25) is 23.7 Å². The summed E-state index contributed by atoms with van der Waals surface area (Å²) in [5, 5.41) is 14.0. The molecular formula is C35H60N2O13P2. The molecule has 1 atom stereocenters. The maximum absolute atomic E-state index is 12.5. The van der Waals surface area contributed by atoms with Gasteiger partial charge in [0.2, 0.25) is 0 Å². The van der Waals surface area contributed by atoms with Gasteiger partial charge in [0.1, 0.15) is 29.9 Å². The van der Waals surface area contributed by atoms with Crippen molar-refractivity contribution in [1.82, 2.24) is 9.80 Å². The molecule has 0 radical (unpaired) electrons. The highest BCUT2D eigenvalue weighted by Crippen LogP contribution is 2.39. The van der Waals surface area contributed by atoms with Crippen LogP contribution in [0.2, 0.25) is 0 Å². The summed E-state index contributed by atoms with van der Waals surface area (Å²) >= 11 is 0. The molecule has 6 N–H and O–H groups in total. The predicted molar refractivity (Wildman–Crippen MR) is 200 cm³/mol. The number of carbonyl (C=O) groups is 1. The Labute approximate surface area is 308 Å². The summed E-state index contributed by atoms with van der Waals surface area (Å²) < 4.78 is 46.4. The van der Waals surface area contributed by atoms with Crippen LogP contribution in [-0.4, -0.2) is 118 Å². The summed E-state index contributed by atoms with van der Waals surface area (Å²) in [6.45, 7) is 7.42. The third-order valence-corrected chi connectivity index (χ3v) is 8.91. The van der Waals surface area contributed by atoms with E-state index in [0.29, 0.717) is 82.0 Å². The van der Waals surface area contributed by atoms with Gasteiger partial charge in [-0.25, -0.2) is 0 Å². The number of benzene rings is 2. The normalized spacial score (nSPS) is 12.0. The van der Waals surface area contributed by atoms with E-state index in [4.69, 9.17) is 29.2 Å². The van der Waals surface area contributed by atoms with E-state index in [2.05, 4.69) is 6.58 Å². The van der Waals surface area contributed by atoms with E-state index in [0.717, 1.165) is 19.8 Å². The van der Waals surface area contributed by atoms with E-state index in [1.807, 2.05) is 25.1 Å². The van der Waals surface area contributed by atoms with Crippen LogP contribution in [0.25, 0.3) is 0 Å². The van der Waals surface area contributed by atoms with E-state index in [1.165, 1.54) is 6.26 Å². The molecule has 0 fully saturated rings. The zero-order valence-electron chi connectivity index (χ0n) is 30.9. The quantitative estimate of drug-likeness (QED) is 0.0423. The van der Waals surface area contributed by atoms with Crippen LogP contribution in [0.15, 0.2) is 61.4 Å². The standard InChI is InChI=1S/C33H52N2O11P2.2CH4O/c1-4-45-32-17-11-9-13-28(32)23-34(26-47(37,38)39)25-30(15-7-6-8-16-31(36)19-20-44-22-21-43-3)35(27-48(40,41)42)24-29-14-10-12-18-33(29)46-5-2;2*1-2/h5,9-14,17-18,30H,2,4,6-8,15-16,19-27H2,1,3H3,(H2,37,38,39)(H2,40,41,42);2*2H,1H3. The summed E-state index contributed by atoms with van der Waals surface area (Å²) in [5.74, 6) is 1.15. The maximum Gasteiger partial charge on any atom is 0.339 e. The molecule has 1 unspecified atom stereocenters. The number of rotatable bonds is 27. The van der Waals surface area contributed by atoms with Crippen molar-refractivity contribution in [1.29, 1.82) is 0 Å². The molecule has 15 nitrogen and oxygen atoms in total. The second kappa shape index (κ2) is 28.9. The van der Waals surface area contributed by atoms with Crippen LogP contribution < -0.4 is 9.47 Å². The number of aliphatic hydroxyl groups excluding tert-OH is 2. The van der Waals surface area contributed by atoms with Crippen LogP contribution in [0, 0.1) is 0 Å². The van der Waals surface area contributed by atoms with E-state index < -0.39 is 33.8 Å². The number of ketones is 1. The second-order valence-corrected chi connectivity index (χ2v) is 14.7. The Morgan fingerprint density at radius 1 is 0.808 bits per heavy atom. The number of carbonyl (C=O) groups excluding carboxylic acids is 1. The molecule has 0 amide bonds. The fraction of sp³-hybridized carbons (Fsp3) is 0.571. The lowest BCUT2D eigenvalue weighted by Gasteiger charge is -2.36. The first-order valence-electron chi connectivity index (χ1n) is 16.9.